The average molecular weight is 332 g/mol. The topological polar surface area (TPSA) is 24.1 Å². The van der Waals surface area contributed by atoms with E-state index >= 15 is 0 Å². The molecule has 6 atom stereocenters. The number of nitrogens with one attached hydrogen (secondary N) is 2. The Bertz CT molecular complexity index is 648. The molecule has 1 fully saturated rings. The largest absolute Gasteiger partial charge is 0.313 e. The maximum Gasteiger partial charge on any atom is 0.0355 e. The molecule has 2 aromatic rings. The Kier molecular flexibility index (Phi) is 4.74. The second-order valence-electron chi connectivity index (χ2n) is 7.46. The zero-order chi connectivity index (χ0) is 17.2. The predicted molar refractivity (Wildman–Crippen MR) is 104 cm³/mol. The highest BCUT2D eigenvalue weighted by Gasteiger charge is 2.50. The van der Waals surface area contributed by atoms with E-state index in [9.17, 15) is 0 Å². The van der Waals surface area contributed by atoms with Crippen LogP contribution in [0.3, 0.4) is 0 Å². The summed E-state index contributed by atoms with van der Waals surface area (Å²) >= 11 is 0. The highest BCUT2D eigenvalue weighted by Crippen LogP contribution is 2.56. The van der Waals surface area contributed by atoms with E-state index in [0.717, 1.165) is 0 Å². The second kappa shape index (κ2) is 7.15. The maximum atomic E-state index is 3.64. The molecule has 4 rings (SSSR count). The van der Waals surface area contributed by atoms with Crippen LogP contribution in [0.2, 0.25) is 0 Å². The summed E-state index contributed by atoms with van der Waals surface area (Å²) in [5.41, 5.74) is 2.81. The average Bonchev–Trinajstić information content (AvgIpc) is 3.28. The Balaban J connectivity index is 1.71. The summed E-state index contributed by atoms with van der Waals surface area (Å²) < 4.78 is 0. The van der Waals surface area contributed by atoms with Crippen LogP contribution in [0.5, 0.6) is 0 Å². The second-order valence-corrected chi connectivity index (χ2v) is 7.46. The maximum absolute atomic E-state index is 3.64. The van der Waals surface area contributed by atoms with E-state index in [2.05, 4.69) is 97.5 Å². The molecule has 2 aromatic carbocycles. The van der Waals surface area contributed by atoms with Crippen molar-refractivity contribution in [3.63, 3.8) is 0 Å². The summed E-state index contributed by atoms with van der Waals surface area (Å²) in [5.74, 6) is 2.57. The Morgan fingerprint density at radius 3 is 1.44 bits per heavy atom. The van der Waals surface area contributed by atoms with Gasteiger partial charge < -0.3 is 10.6 Å². The number of hydrogen-bond acceptors (Lipinski definition) is 2. The van der Waals surface area contributed by atoms with Gasteiger partial charge in [0.15, 0.2) is 0 Å². The molecule has 2 nitrogen and oxygen atoms in total. The molecule has 2 heteroatoms. The van der Waals surface area contributed by atoms with E-state index in [1.165, 1.54) is 17.5 Å². The van der Waals surface area contributed by atoms with Crippen molar-refractivity contribution in [2.45, 2.75) is 18.5 Å². The van der Waals surface area contributed by atoms with Gasteiger partial charge in [0.1, 0.15) is 0 Å². The van der Waals surface area contributed by atoms with Gasteiger partial charge in [-0.3, -0.25) is 0 Å². The van der Waals surface area contributed by atoms with Crippen LogP contribution < -0.4 is 10.6 Å². The first-order valence-electron chi connectivity index (χ1n) is 9.46. The van der Waals surface area contributed by atoms with Gasteiger partial charge in [-0.05, 0) is 55.3 Å². The lowest BCUT2D eigenvalue weighted by Crippen LogP contribution is -2.39. The van der Waals surface area contributed by atoms with Crippen LogP contribution in [-0.4, -0.2) is 14.1 Å². The summed E-state index contributed by atoms with van der Waals surface area (Å²) in [5, 5.41) is 7.29. The number of rotatable bonds is 6. The van der Waals surface area contributed by atoms with Crippen LogP contribution in [0.15, 0.2) is 72.8 Å². The van der Waals surface area contributed by atoms with Crippen molar-refractivity contribution in [3.05, 3.63) is 83.9 Å². The smallest absolute Gasteiger partial charge is 0.0355 e. The van der Waals surface area contributed by atoms with Gasteiger partial charge in [0.05, 0.1) is 0 Å². The van der Waals surface area contributed by atoms with E-state index in [1.807, 2.05) is 0 Å². The van der Waals surface area contributed by atoms with Gasteiger partial charge in [-0.15, -0.1) is 0 Å². The van der Waals surface area contributed by atoms with Crippen molar-refractivity contribution in [1.29, 1.82) is 0 Å². The predicted octanol–water partition coefficient (Wildman–Crippen LogP) is 4.35. The molecule has 6 unspecified atom stereocenters. The van der Waals surface area contributed by atoms with Crippen molar-refractivity contribution >= 4 is 0 Å². The van der Waals surface area contributed by atoms with E-state index in [4.69, 9.17) is 0 Å². The summed E-state index contributed by atoms with van der Waals surface area (Å²) in [6, 6.07) is 22.7. The Morgan fingerprint density at radius 2 is 1.08 bits per heavy atom. The molecule has 2 aliphatic rings. The first-order valence-corrected chi connectivity index (χ1v) is 9.46. The fourth-order valence-electron chi connectivity index (χ4n) is 5.32. The quantitative estimate of drug-likeness (QED) is 0.769. The molecule has 130 valence electrons. The molecule has 25 heavy (non-hydrogen) atoms. The van der Waals surface area contributed by atoms with Crippen molar-refractivity contribution in [2.24, 2.45) is 23.7 Å². The Hall–Kier alpha value is -1.90. The molecule has 0 spiro atoms. The zero-order valence-electron chi connectivity index (χ0n) is 15.1. The molecule has 0 heterocycles. The number of hydrogen-bond donors (Lipinski definition) is 2. The van der Waals surface area contributed by atoms with Gasteiger partial charge in [0.2, 0.25) is 0 Å². The molecule has 0 saturated heterocycles. The highest BCUT2D eigenvalue weighted by atomic mass is 14.9. The fourth-order valence-corrected chi connectivity index (χ4v) is 5.32. The third kappa shape index (κ3) is 2.94. The Labute approximate surface area is 151 Å². The van der Waals surface area contributed by atoms with E-state index in [-0.39, 0.29) is 0 Å². The number of allylic oxidation sites excluding steroid dienone is 2. The number of fused-ring (bicyclic) bond motifs is 2. The van der Waals surface area contributed by atoms with Crippen LogP contribution in [0.4, 0.5) is 0 Å². The lowest BCUT2D eigenvalue weighted by Gasteiger charge is -2.39. The minimum atomic E-state index is 0.394. The zero-order valence-corrected chi connectivity index (χ0v) is 15.1. The van der Waals surface area contributed by atoms with E-state index in [0.29, 0.717) is 35.8 Å². The monoisotopic (exact) mass is 332 g/mol. The molecular formula is C23H28N2. The highest BCUT2D eigenvalue weighted by molar-refractivity contribution is 5.28. The van der Waals surface area contributed by atoms with Crippen molar-refractivity contribution < 1.29 is 0 Å². The molecule has 2 N–H and O–H groups in total. The Morgan fingerprint density at radius 1 is 0.680 bits per heavy atom. The van der Waals surface area contributed by atoms with Gasteiger partial charge in [0.25, 0.3) is 0 Å². The molecule has 0 aromatic heterocycles. The van der Waals surface area contributed by atoms with E-state index < -0.39 is 0 Å². The lowest BCUT2D eigenvalue weighted by atomic mass is 9.71. The molecule has 2 aliphatic carbocycles. The normalized spacial score (nSPS) is 29.7. The van der Waals surface area contributed by atoms with Crippen molar-refractivity contribution in [1.82, 2.24) is 10.6 Å². The van der Waals surface area contributed by atoms with Crippen LogP contribution in [-0.2, 0) is 0 Å². The molecule has 1 saturated carbocycles. The van der Waals surface area contributed by atoms with Crippen LogP contribution >= 0.6 is 0 Å². The first-order chi connectivity index (χ1) is 12.3. The minimum absolute atomic E-state index is 0.394. The third-order valence-corrected chi connectivity index (χ3v) is 6.29. The third-order valence-electron chi connectivity index (χ3n) is 6.29. The summed E-state index contributed by atoms with van der Waals surface area (Å²) in [7, 11) is 4.22. The molecule has 2 bridgehead atoms. The molecule has 0 amide bonds. The lowest BCUT2D eigenvalue weighted by molar-refractivity contribution is 0.191. The summed E-state index contributed by atoms with van der Waals surface area (Å²) in [6.07, 6.45) is 6.24. The molecule has 0 radical (unpaired) electrons. The first kappa shape index (κ1) is 16.6. The van der Waals surface area contributed by atoms with Crippen molar-refractivity contribution in [2.75, 3.05) is 14.1 Å². The van der Waals surface area contributed by atoms with Gasteiger partial charge in [-0.1, -0.05) is 72.8 Å². The molecule has 0 aliphatic heterocycles. The summed E-state index contributed by atoms with van der Waals surface area (Å²) in [4.78, 5) is 0. The fraction of sp³-hybridized carbons (Fsp3) is 0.391. The molecular weight excluding hydrogens is 304 g/mol. The van der Waals surface area contributed by atoms with E-state index in [1.54, 1.807) is 0 Å². The SMILES string of the molecule is CNC(c1ccccc1)C1C2C=CC(C2)C1C(NC)c1ccccc1. The number of benzene rings is 2. The van der Waals surface area contributed by atoms with Gasteiger partial charge >= 0.3 is 0 Å². The van der Waals surface area contributed by atoms with Crippen LogP contribution in [0.25, 0.3) is 0 Å². The summed E-state index contributed by atoms with van der Waals surface area (Å²) in [6.45, 7) is 0. The van der Waals surface area contributed by atoms with Gasteiger partial charge in [-0.2, -0.15) is 0 Å². The van der Waals surface area contributed by atoms with Gasteiger partial charge in [0, 0.05) is 12.1 Å². The van der Waals surface area contributed by atoms with Crippen LogP contribution in [0, 0.1) is 23.7 Å². The van der Waals surface area contributed by atoms with Crippen LogP contribution in [0.1, 0.15) is 29.6 Å². The van der Waals surface area contributed by atoms with Gasteiger partial charge in [-0.25, -0.2) is 0 Å². The van der Waals surface area contributed by atoms with Crippen molar-refractivity contribution in [3.8, 4) is 0 Å². The standard InChI is InChI=1S/C23H28N2/c1-24-22(16-9-5-3-6-10-16)20-18-13-14-19(15-18)21(20)23(25-2)17-11-7-4-8-12-17/h3-14,18-25H,15H2,1-2H3. The minimum Gasteiger partial charge on any atom is -0.313 e.